The predicted molar refractivity (Wildman–Crippen MR) is 70.9 cm³/mol. The fraction of sp³-hybridized carbons (Fsp3) is 0.417. The molecule has 100 valence electrons. The molecule has 1 aromatic carbocycles. The molecule has 2 N–H and O–H groups in total. The summed E-state index contributed by atoms with van der Waals surface area (Å²) in [5.41, 5.74) is 1.42. The molecular formula is C12H17NO4S. The highest BCUT2D eigenvalue weighted by atomic mass is 32.2. The van der Waals surface area contributed by atoms with E-state index in [0.717, 1.165) is 11.8 Å². The molecule has 1 atom stereocenters. The lowest BCUT2D eigenvalue weighted by Gasteiger charge is -2.16. The molecule has 0 saturated carbocycles. The van der Waals surface area contributed by atoms with Gasteiger partial charge < -0.3 is 10.4 Å². The Balaban J connectivity index is 2.94. The number of anilines is 1. The average molecular weight is 271 g/mol. The average Bonchev–Trinajstić information content (AvgIpc) is 2.17. The molecule has 6 heteroatoms. The highest BCUT2D eigenvalue weighted by molar-refractivity contribution is 7.90. The van der Waals surface area contributed by atoms with Crippen molar-refractivity contribution in [2.75, 3.05) is 17.3 Å². The summed E-state index contributed by atoms with van der Waals surface area (Å²) < 4.78 is 22.3. The summed E-state index contributed by atoms with van der Waals surface area (Å²) >= 11 is 0. The maximum absolute atomic E-state index is 11.1. The number of carbonyl (C=O) groups is 1. The van der Waals surface area contributed by atoms with E-state index < -0.39 is 15.8 Å². The molecule has 0 saturated heterocycles. The first-order valence-corrected chi connectivity index (χ1v) is 7.53. The minimum absolute atomic E-state index is 0.0417. The van der Waals surface area contributed by atoms with Crippen LogP contribution in [0.25, 0.3) is 0 Å². The second kappa shape index (κ2) is 5.39. The van der Waals surface area contributed by atoms with E-state index >= 15 is 0 Å². The minimum Gasteiger partial charge on any atom is -0.478 e. The van der Waals surface area contributed by atoms with Crippen molar-refractivity contribution in [2.45, 2.75) is 19.9 Å². The summed E-state index contributed by atoms with van der Waals surface area (Å²) in [7, 11) is -3.09. The van der Waals surface area contributed by atoms with Gasteiger partial charge in [0.15, 0.2) is 0 Å². The van der Waals surface area contributed by atoms with Gasteiger partial charge in [0.25, 0.3) is 0 Å². The molecule has 0 spiro atoms. The molecule has 0 heterocycles. The number of rotatable bonds is 5. The SMILES string of the molecule is Cc1ccc(NC(C)CS(C)(=O)=O)c(C(=O)O)c1. The predicted octanol–water partition coefficient (Wildman–Crippen LogP) is 1.54. The van der Waals surface area contributed by atoms with Gasteiger partial charge in [0, 0.05) is 18.0 Å². The highest BCUT2D eigenvalue weighted by Crippen LogP contribution is 2.18. The van der Waals surface area contributed by atoms with Crippen molar-refractivity contribution in [3.63, 3.8) is 0 Å². The summed E-state index contributed by atoms with van der Waals surface area (Å²) in [6.45, 7) is 3.50. The van der Waals surface area contributed by atoms with E-state index in [4.69, 9.17) is 5.11 Å². The molecule has 0 aliphatic carbocycles. The molecule has 18 heavy (non-hydrogen) atoms. The Morgan fingerprint density at radius 3 is 2.56 bits per heavy atom. The van der Waals surface area contributed by atoms with E-state index in [2.05, 4.69) is 5.32 Å². The van der Waals surface area contributed by atoms with Crippen LogP contribution in [0, 0.1) is 6.92 Å². The van der Waals surface area contributed by atoms with Crippen molar-refractivity contribution in [1.29, 1.82) is 0 Å². The van der Waals surface area contributed by atoms with Crippen LogP contribution in [0.3, 0.4) is 0 Å². The molecule has 0 aliphatic heterocycles. The Hall–Kier alpha value is -1.56. The molecule has 0 aromatic heterocycles. The fourth-order valence-corrected chi connectivity index (χ4v) is 2.71. The zero-order valence-electron chi connectivity index (χ0n) is 10.6. The number of hydrogen-bond acceptors (Lipinski definition) is 4. The van der Waals surface area contributed by atoms with Crippen molar-refractivity contribution < 1.29 is 18.3 Å². The summed E-state index contributed by atoms with van der Waals surface area (Å²) in [6.07, 6.45) is 1.15. The van der Waals surface area contributed by atoms with Gasteiger partial charge in [0.2, 0.25) is 0 Å². The monoisotopic (exact) mass is 271 g/mol. The smallest absolute Gasteiger partial charge is 0.337 e. The van der Waals surface area contributed by atoms with Gasteiger partial charge in [-0.2, -0.15) is 0 Å². The zero-order chi connectivity index (χ0) is 13.9. The molecule has 0 aliphatic rings. The van der Waals surface area contributed by atoms with Gasteiger partial charge in [-0.05, 0) is 26.0 Å². The first-order valence-electron chi connectivity index (χ1n) is 5.47. The Bertz CT molecular complexity index is 551. The number of nitrogens with one attached hydrogen (secondary N) is 1. The van der Waals surface area contributed by atoms with Crippen molar-refractivity contribution in [3.8, 4) is 0 Å². The quantitative estimate of drug-likeness (QED) is 0.848. The molecule has 1 unspecified atom stereocenters. The molecule has 0 bridgehead atoms. The maximum Gasteiger partial charge on any atom is 0.337 e. The summed E-state index contributed by atoms with van der Waals surface area (Å²) in [5.74, 6) is -1.08. The van der Waals surface area contributed by atoms with E-state index in [1.54, 1.807) is 32.0 Å². The third-order valence-corrected chi connectivity index (χ3v) is 3.47. The van der Waals surface area contributed by atoms with E-state index in [0.29, 0.717) is 5.69 Å². The Morgan fingerprint density at radius 2 is 2.06 bits per heavy atom. The zero-order valence-corrected chi connectivity index (χ0v) is 11.4. The summed E-state index contributed by atoms with van der Waals surface area (Å²) in [4.78, 5) is 11.1. The number of carboxylic acids is 1. The number of aromatic carboxylic acids is 1. The van der Waals surface area contributed by atoms with E-state index in [9.17, 15) is 13.2 Å². The lowest BCUT2D eigenvalue weighted by molar-refractivity contribution is 0.0698. The second-order valence-corrected chi connectivity index (χ2v) is 6.68. The molecule has 1 aromatic rings. The third kappa shape index (κ3) is 4.37. The lowest BCUT2D eigenvalue weighted by atomic mass is 10.1. The Morgan fingerprint density at radius 1 is 1.44 bits per heavy atom. The number of sulfone groups is 1. The van der Waals surface area contributed by atoms with Crippen LogP contribution in [0.5, 0.6) is 0 Å². The second-order valence-electron chi connectivity index (χ2n) is 4.49. The van der Waals surface area contributed by atoms with Gasteiger partial charge >= 0.3 is 5.97 Å². The van der Waals surface area contributed by atoms with Crippen LogP contribution in [0.4, 0.5) is 5.69 Å². The van der Waals surface area contributed by atoms with E-state index in [-0.39, 0.29) is 17.4 Å². The van der Waals surface area contributed by atoms with Crippen LogP contribution in [0.1, 0.15) is 22.8 Å². The summed E-state index contributed by atoms with van der Waals surface area (Å²) in [5, 5.41) is 12.0. The van der Waals surface area contributed by atoms with Gasteiger partial charge in [-0.15, -0.1) is 0 Å². The van der Waals surface area contributed by atoms with Crippen molar-refractivity contribution >= 4 is 21.5 Å². The van der Waals surface area contributed by atoms with Crippen LogP contribution in [-0.2, 0) is 9.84 Å². The largest absolute Gasteiger partial charge is 0.478 e. The third-order valence-electron chi connectivity index (χ3n) is 2.36. The number of carboxylic acid groups (broad SMARTS) is 1. The minimum atomic E-state index is -3.09. The Labute approximate surface area is 107 Å². The van der Waals surface area contributed by atoms with Gasteiger partial charge in [-0.3, -0.25) is 0 Å². The van der Waals surface area contributed by atoms with Gasteiger partial charge in [0.05, 0.1) is 11.3 Å². The number of aryl methyl sites for hydroxylation is 1. The topological polar surface area (TPSA) is 83.5 Å². The van der Waals surface area contributed by atoms with E-state index in [1.165, 1.54) is 0 Å². The molecule has 0 radical (unpaired) electrons. The van der Waals surface area contributed by atoms with Crippen molar-refractivity contribution in [1.82, 2.24) is 0 Å². The van der Waals surface area contributed by atoms with Crippen LogP contribution in [0.2, 0.25) is 0 Å². The molecule has 1 rings (SSSR count). The normalized spacial score (nSPS) is 13.1. The molecule has 5 nitrogen and oxygen atoms in total. The van der Waals surface area contributed by atoms with Gasteiger partial charge in [-0.25, -0.2) is 13.2 Å². The molecular weight excluding hydrogens is 254 g/mol. The Kier molecular flexibility index (Phi) is 4.34. The standard InChI is InChI=1S/C12H17NO4S/c1-8-4-5-11(10(6-8)12(14)15)13-9(2)7-18(3,16)17/h4-6,9,13H,7H2,1-3H3,(H,14,15). The van der Waals surface area contributed by atoms with Crippen LogP contribution < -0.4 is 5.32 Å². The van der Waals surface area contributed by atoms with Gasteiger partial charge in [0.1, 0.15) is 9.84 Å². The highest BCUT2D eigenvalue weighted by Gasteiger charge is 2.15. The van der Waals surface area contributed by atoms with E-state index in [1.807, 2.05) is 0 Å². The fourth-order valence-electron chi connectivity index (χ4n) is 1.72. The first-order chi connectivity index (χ1) is 8.19. The van der Waals surface area contributed by atoms with Crippen LogP contribution in [0.15, 0.2) is 18.2 Å². The summed E-state index contributed by atoms with van der Waals surface area (Å²) in [6, 6.07) is 4.64. The van der Waals surface area contributed by atoms with Crippen molar-refractivity contribution in [3.05, 3.63) is 29.3 Å². The van der Waals surface area contributed by atoms with Crippen molar-refractivity contribution in [2.24, 2.45) is 0 Å². The number of benzene rings is 1. The maximum atomic E-state index is 11.1. The van der Waals surface area contributed by atoms with Gasteiger partial charge in [-0.1, -0.05) is 11.6 Å². The molecule has 0 fully saturated rings. The molecule has 0 amide bonds. The number of hydrogen-bond donors (Lipinski definition) is 2. The van der Waals surface area contributed by atoms with Crippen LogP contribution >= 0.6 is 0 Å². The first kappa shape index (κ1) is 14.5. The lowest BCUT2D eigenvalue weighted by Crippen LogP contribution is -2.26. The van der Waals surface area contributed by atoms with Crippen LogP contribution in [-0.4, -0.2) is 37.5 Å².